The first-order valence-corrected chi connectivity index (χ1v) is 6.88. The first-order chi connectivity index (χ1) is 8.09. The zero-order chi connectivity index (χ0) is 12.4. The van der Waals surface area contributed by atoms with Gasteiger partial charge in [-0.2, -0.15) is 5.10 Å². The summed E-state index contributed by atoms with van der Waals surface area (Å²) in [5.41, 5.74) is 1.41. The smallest absolute Gasteiger partial charge is 0.275 e. The van der Waals surface area contributed by atoms with E-state index in [9.17, 15) is 4.79 Å². The number of aromatic nitrogens is 2. The van der Waals surface area contributed by atoms with Crippen LogP contribution in [0.5, 0.6) is 0 Å². The summed E-state index contributed by atoms with van der Waals surface area (Å²) in [6.45, 7) is 5.85. The van der Waals surface area contributed by atoms with E-state index in [2.05, 4.69) is 33.1 Å². The SMILES string of the molecule is Cc1[nH]nc(C(=O)N2CCC[C@@H](C)CC2)c1Br. The van der Waals surface area contributed by atoms with Crippen molar-refractivity contribution >= 4 is 21.8 Å². The summed E-state index contributed by atoms with van der Waals surface area (Å²) in [5, 5.41) is 6.91. The lowest BCUT2D eigenvalue weighted by Crippen LogP contribution is -2.32. The van der Waals surface area contributed by atoms with Gasteiger partial charge in [-0.05, 0) is 48.0 Å². The summed E-state index contributed by atoms with van der Waals surface area (Å²) < 4.78 is 0.791. The second-order valence-corrected chi connectivity index (χ2v) is 5.63. The molecule has 1 fully saturated rings. The number of carbonyl (C=O) groups is 1. The van der Waals surface area contributed by atoms with Gasteiger partial charge in [0.15, 0.2) is 5.69 Å². The van der Waals surface area contributed by atoms with Crippen molar-refractivity contribution in [3.63, 3.8) is 0 Å². The number of carbonyl (C=O) groups excluding carboxylic acids is 1. The maximum Gasteiger partial charge on any atom is 0.275 e. The molecule has 5 heteroatoms. The van der Waals surface area contributed by atoms with Crippen LogP contribution in [0.4, 0.5) is 0 Å². The van der Waals surface area contributed by atoms with Gasteiger partial charge in [-0.3, -0.25) is 9.89 Å². The van der Waals surface area contributed by atoms with Crippen LogP contribution in [-0.2, 0) is 0 Å². The number of likely N-dealkylation sites (tertiary alicyclic amines) is 1. The van der Waals surface area contributed by atoms with Crippen LogP contribution in [-0.4, -0.2) is 34.1 Å². The Hall–Kier alpha value is -0.840. The minimum absolute atomic E-state index is 0.0373. The largest absolute Gasteiger partial charge is 0.337 e. The molecule has 1 N–H and O–H groups in total. The van der Waals surface area contributed by atoms with Crippen LogP contribution in [0.3, 0.4) is 0 Å². The number of nitrogens with one attached hydrogen (secondary N) is 1. The third-order valence-corrected chi connectivity index (χ3v) is 4.35. The van der Waals surface area contributed by atoms with Crippen LogP contribution in [0.2, 0.25) is 0 Å². The van der Waals surface area contributed by atoms with Crippen LogP contribution < -0.4 is 0 Å². The van der Waals surface area contributed by atoms with Gasteiger partial charge in [0.05, 0.1) is 4.47 Å². The molecule has 1 aromatic heterocycles. The normalized spacial score (nSPS) is 21.4. The van der Waals surface area contributed by atoms with Crippen molar-refractivity contribution in [3.8, 4) is 0 Å². The van der Waals surface area contributed by atoms with Crippen molar-refractivity contribution in [2.45, 2.75) is 33.1 Å². The molecule has 0 unspecified atom stereocenters. The highest BCUT2D eigenvalue weighted by Gasteiger charge is 2.24. The molecule has 2 rings (SSSR count). The van der Waals surface area contributed by atoms with Gasteiger partial charge in [0, 0.05) is 18.8 Å². The van der Waals surface area contributed by atoms with Crippen molar-refractivity contribution in [1.29, 1.82) is 0 Å². The minimum atomic E-state index is 0.0373. The molecule has 1 amide bonds. The molecule has 4 nitrogen and oxygen atoms in total. The van der Waals surface area contributed by atoms with Crippen molar-refractivity contribution in [2.24, 2.45) is 5.92 Å². The molecule has 0 bridgehead atoms. The molecule has 0 saturated carbocycles. The van der Waals surface area contributed by atoms with E-state index in [-0.39, 0.29) is 5.91 Å². The number of hydrogen-bond donors (Lipinski definition) is 1. The fraction of sp³-hybridized carbons (Fsp3) is 0.667. The van der Waals surface area contributed by atoms with E-state index in [0.717, 1.165) is 42.0 Å². The van der Waals surface area contributed by atoms with E-state index < -0.39 is 0 Å². The van der Waals surface area contributed by atoms with E-state index in [4.69, 9.17) is 0 Å². The Morgan fingerprint density at radius 1 is 1.47 bits per heavy atom. The first kappa shape index (κ1) is 12.6. The van der Waals surface area contributed by atoms with Crippen LogP contribution in [0.25, 0.3) is 0 Å². The number of H-pyrrole nitrogens is 1. The monoisotopic (exact) mass is 299 g/mol. The van der Waals surface area contributed by atoms with Gasteiger partial charge in [-0.15, -0.1) is 0 Å². The van der Waals surface area contributed by atoms with Crippen LogP contribution in [0, 0.1) is 12.8 Å². The zero-order valence-corrected chi connectivity index (χ0v) is 11.9. The number of hydrogen-bond acceptors (Lipinski definition) is 2. The van der Waals surface area contributed by atoms with Crippen molar-refractivity contribution in [2.75, 3.05) is 13.1 Å². The molecule has 1 aliphatic rings. The number of rotatable bonds is 1. The summed E-state index contributed by atoms with van der Waals surface area (Å²) in [6.07, 6.45) is 3.39. The number of amides is 1. The lowest BCUT2D eigenvalue weighted by molar-refractivity contribution is 0.0753. The minimum Gasteiger partial charge on any atom is -0.337 e. The molecule has 2 heterocycles. The van der Waals surface area contributed by atoms with E-state index in [1.165, 1.54) is 6.42 Å². The Morgan fingerprint density at radius 3 is 2.88 bits per heavy atom. The standard InChI is InChI=1S/C12H18BrN3O/c1-8-4-3-6-16(7-5-8)12(17)11-10(13)9(2)14-15-11/h8H,3-7H2,1-2H3,(H,14,15)/t8-/m1/s1. The van der Waals surface area contributed by atoms with Crippen LogP contribution in [0.15, 0.2) is 4.47 Å². The van der Waals surface area contributed by atoms with Gasteiger partial charge >= 0.3 is 0 Å². The fourth-order valence-corrected chi connectivity index (χ4v) is 2.52. The van der Waals surface area contributed by atoms with Gasteiger partial charge < -0.3 is 4.90 Å². The van der Waals surface area contributed by atoms with Crippen molar-refractivity contribution in [1.82, 2.24) is 15.1 Å². The highest BCUT2D eigenvalue weighted by Crippen LogP contribution is 2.22. The van der Waals surface area contributed by atoms with Gasteiger partial charge in [0.25, 0.3) is 5.91 Å². The summed E-state index contributed by atoms with van der Waals surface area (Å²) in [5.74, 6) is 0.757. The third kappa shape index (κ3) is 2.70. The number of halogens is 1. The lowest BCUT2D eigenvalue weighted by Gasteiger charge is -2.19. The molecule has 94 valence electrons. The summed E-state index contributed by atoms with van der Waals surface area (Å²) in [7, 11) is 0. The molecule has 0 aliphatic carbocycles. The molecular weight excluding hydrogens is 282 g/mol. The predicted molar refractivity (Wildman–Crippen MR) is 69.9 cm³/mol. The molecule has 0 aromatic carbocycles. The van der Waals surface area contributed by atoms with Gasteiger partial charge in [-0.25, -0.2) is 0 Å². The average Bonchev–Trinajstić information content (AvgIpc) is 2.53. The third-order valence-electron chi connectivity index (χ3n) is 3.38. The second-order valence-electron chi connectivity index (χ2n) is 4.84. The predicted octanol–water partition coefficient (Wildman–Crippen LogP) is 2.74. The Morgan fingerprint density at radius 2 is 2.24 bits per heavy atom. The fourth-order valence-electron chi connectivity index (χ4n) is 2.17. The molecule has 1 aliphatic heterocycles. The first-order valence-electron chi connectivity index (χ1n) is 6.09. The Labute approximate surface area is 110 Å². The average molecular weight is 300 g/mol. The summed E-state index contributed by atoms with van der Waals surface area (Å²) in [6, 6.07) is 0. The van der Waals surface area contributed by atoms with E-state index in [1.54, 1.807) is 0 Å². The molecular formula is C12H18BrN3O. The van der Waals surface area contributed by atoms with E-state index in [1.807, 2.05) is 11.8 Å². The maximum atomic E-state index is 12.3. The van der Waals surface area contributed by atoms with Gasteiger partial charge in [-0.1, -0.05) is 6.92 Å². The van der Waals surface area contributed by atoms with Gasteiger partial charge in [0.1, 0.15) is 0 Å². The van der Waals surface area contributed by atoms with Gasteiger partial charge in [0.2, 0.25) is 0 Å². The highest BCUT2D eigenvalue weighted by atomic mass is 79.9. The van der Waals surface area contributed by atoms with Crippen LogP contribution >= 0.6 is 15.9 Å². The summed E-state index contributed by atoms with van der Waals surface area (Å²) >= 11 is 3.41. The summed E-state index contributed by atoms with van der Waals surface area (Å²) in [4.78, 5) is 14.2. The molecule has 17 heavy (non-hydrogen) atoms. The lowest BCUT2D eigenvalue weighted by atomic mass is 10.0. The molecule has 0 spiro atoms. The van der Waals surface area contributed by atoms with Crippen molar-refractivity contribution in [3.05, 3.63) is 15.9 Å². The van der Waals surface area contributed by atoms with Crippen LogP contribution in [0.1, 0.15) is 42.4 Å². The Balaban J connectivity index is 2.12. The topological polar surface area (TPSA) is 49.0 Å². The Bertz CT molecular complexity index is 416. The van der Waals surface area contributed by atoms with E-state index in [0.29, 0.717) is 5.69 Å². The quantitative estimate of drug-likeness (QED) is 0.867. The Kier molecular flexibility index (Phi) is 3.86. The number of aryl methyl sites for hydroxylation is 1. The number of aromatic amines is 1. The van der Waals surface area contributed by atoms with Crippen molar-refractivity contribution < 1.29 is 4.79 Å². The van der Waals surface area contributed by atoms with E-state index >= 15 is 0 Å². The highest BCUT2D eigenvalue weighted by molar-refractivity contribution is 9.10. The number of nitrogens with zero attached hydrogens (tertiary/aromatic N) is 2. The molecule has 1 aromatic rings. The second kappa shape index (κ2) is 5.21. The molecule has 1 atom stereocenters. The molecule has 1 saturated heterocycles. The zero-order valence-electron chi connectivity index (χ0n) is 10.3. The molecule has 0 radical (unpaired) electrons. The maximum absolute atomic E-state index is 12.3.